The van der Waals surface area contributed by atoms with Gasteiger partial charge in [0.1, 0.15) is 5.75 Å². The van der Waals surface area contributed by atoms with E-state index in [1.807, 2.05) is 12.1 Å². The number of rotatable bonds is 3. The van der Waals surface area contributed by atoms with E-state index in [2.05, 4.69) is 48.2 Å². The van der Waals surface area contributed by atoms with Crippen LogP contribution in [-0.4, -0.2) is 25.3 Å². The molecule has 0 N–H and O–H groups in total. The quantitative estimate of drug-likeness (QED) is 0.710. The lowest BCUT2D eigenvalue weighted by Gasteiger charge is -2.26. The minimum absolute atomic E-state index is 0.348. The first-order valence-corrected chi connectivity index (χ1v) is 5.60. The molecule has 0 bridgehead atoms. The first kappa shape index (κ1) is 10.9. The van der Waals surface area contributed by atoms with Crippen molar-refractivity contribution < 1.29 is 4.74 Å². The van der Waals surface area contributed by atoms with Crippen LogP contribution in [0.3, 0.4) is 0 Å². The van der Waals surface area contributed by atoms with E-state index in [0.29, 0.717) is 6.85 Å². The molecule has 0 aliphatic carbocycles. The zero-order chi connectivity index (χ0) is 11.4. The van der Waals surface area contributed by atoms with Gasteiger partial charge in [-0.25, -0.2) is 0 Å². The van der Waals surface area contributed by atoms with Gasteiger partial charge in [0.05, 0.1) is 7.11 Å². The lowest BCUT2D eigenvalue weighted by atomic mass is 9.53. The van der Waals surface area contributed by atoms with E-state index in [4.69, 9.17) is 4.74 Å². The molecule has 0 saturated carbocycles. The number of benzene rings is 1. The maximum absolute atomic E-state index is 5.16. The summed E-state index contributed by atoms with van der Waals surface area (Å²) in [6.07, 6.45) is 6.31. The normalized spacial score (nSPS) is 14.4. The second kappa shape index (κ2) is 4.93. The largest absolute Gasteiger partial charge is 0.497 e. The molecule has 1 heterocycles. The summed E-state index contributed by atoms with van der Waals surface area (Å²) in [5.74, 6) is 3.12. The summed E-state index contributed by atoms with van der Waals surface area (Å²) in [6.45, 7) is 3.53. The van der Waals surface area contributed by atoms with Crippen LogP contribution in [0.4, 0.5) is 0 Å². The molecule has 2 nitrogen and oxygen atoms in total. The van der Waals surface area contributed by atoms with E-state index in [9.17, 15) is 0 Å². The van der Waals surface area contributed by atoms with Crippen molar-refractivity contribution in [2.75, 3.05) is 13.7 Å². The van der Waals surface area contributed by atoms with Crippen molar-refractivity contribution in [1.82, 2.24) is 4.81 Å². The lowest BCUT2D eigenvalue weighted by molar-refractivity contribution is 0.415. The summed E-state index contributed by atoms with van der Waals surface area (Å²) in [5, 5.41) is 0. The number of methoxy groups -OCH3 is 1. The van der Waals surface area contributed by atoms with E-state index in [1.54, 1.807) is 7.11 Å². The maximum atomic E-state index is 5.16. The Morgan fingerprint density at radius 3 is 2.56 bits per heavy atom. The number of hydrogen-bond acceptors (Lipinski definition) is 2. The minimum atomic E-state index is 0.348. The highest BCUT2D eigenvalue weighted by molar-refractivity contribution is 6.75. The van der Waals surface area contributed by atoms with Crippen LogP contribution in [0.5, 0.6) is 5.75 Å². The third-order valence-electron chi connectivity index (χ3n) is 2.86. The van der Waals surface area contributed by atoms with Crippen LogP contribution in [0.15, 0.2) is 48.6 Å². The van der Waals surface area contributed by atoms with E-state index >= 15 is 0 Å². The summed E-state index contributed by atoms with van der Waals surface area (Å²) in [6, 6.07) is 8.26. The summed E-state index contributed by atoms with van der Waals surface area (Å²) >= 11 is 0. The van der Waals surface area contributed by atoms with Gasteiger partial charge in [-0.1, -0.05) is 29.6 Å². The molecule has 3 heteroatoms. The van der Waals surface area contributed by atoms with Crippen molar-refractivity contribution in [1.29, 1.82) is 0 Å². The molecule has 1 aromatic carbocycles. The molecular weight excluding hydrogens is 197 g/mol. The Hall–Kier alpha value is -1.64. The van der Waals surface area contributed by atoms with Crippen LogP contribution in [0, 0.1) is 0 Å². The molecule has 16 heavy (non-hydrogen) atoms. The topological polar surface area (TPSA) is 12.5 Å². The van der Waals surface area contributed by atoms with Gasteiger partial charge in [0.2, 0.25) is 0 Å². The molecule has 1 aliphatic rings. The molecule has 0 amide bonds. The van der Waals surface area contributed by atoms with Gasteiger partial charge < -0.3 is 9.55 Å². The van der Waals surface area contributed by atoms with E-state index in [1.165, 1.54) is 5.46 Å². The smallest absolute Gasteiger partial charge is 0.315 e. The molecule has 1 aliphatic heterocycles. The number of hydrogen-bond donors (Lipinski definition) is 0. The van der Waals surface area contributed by atoms with Crippen LogP contribution >= 0.6 is 0 Å². The van der Waals surface area contributed by atoms with Gasteiger partial charge in [-0.05, 0) is 31.3 Å². The molecule has 0 atom stereocenters. The summed E-state index contributed by atoms with van der Waals surface area (Å²) in [4.78, 5) is 2.31. The van der Waals surface area contributed by atoms with Crippen LogP contribution in [0.1, 0.15) is 6.92 Å². The molecular formula is C13H16BNO. The predicted octanol–water partition coefficient (Wildman–Crippen LogP) is 1.84. The average Bonchev–Trinajstić information content (AvgIpc) is 2.39. The SMILES string of the molecule is CCN1C=CC=CB1c1ccc(OC)cc1. The lowest BCUT2D eigenvalue weighted by Crippen LogP contribution is -2.44. The summed E-state index contributed by atoms with van der Waals surface area (Å²) in [5.41, 5.74) is 1.29. The van der Waals surface area contributed by atoms with Gasteiger partial charge >= 0.3 is 6.85 Å². The zero-order valence-corrected chi connectivity index (χ0v) is 9.76. The van der Waals surface area contributed by atoms with Gasteiger partial charge in [0.15, 0.2) is 0 Å². The first-order chi connectivity index (χ1) is 7.85. The third kappa shape index (κ3) is 2.13. The molecule has 0 radical (unpaired) electrons. The van der Waals surface area contributed by atoms with Crippen LogP contribution in [0.25, 0.3) is 0 Å². The minimum Gasteiger partial charge on any atom is -0.497 e. The van der Waals surface area contributed by atoms with Gasteiger partial charge in [-0.3, -0.25) is 0 Å². The second-order valence-electron chi connectivity index (χ2n) is 3.77. The highest BCUT2D eigenvalue weighted by Crippen LogP contribution is 2.09. The molecule has 0 saturated heterocycles. The van der Waals surface area contributed by atoms with Gasteiger partial charge in [0.25, 0.3) is 0 Å². The Labute approximate surface area is 97.3 Å². The fraction of sp³-hybridized carbons (Fsp3) is 0.231. The second-order valence-corrected chi connectivity index (χ2v) is 3.77. The molecule has 82 valence electrons. The van der Waals surface area contributed by atoms with Gasteiger partial charge in [0, 0.05) is 6.54 Å². The Morgan fingerprint density at radius 2 is 1.94 bits per heavy atom. The maximum Gasteiger partial charge on any atom is 0.315 e. The summed E-state index contributed by atoms with van der Waals surface area (Å²) in [7, 11) is 1.69. The highest BCUT2D eigenvalue weighted by Gasteiger charge is 2.20. The van der Waals surface area contributed by atoms with Gasteiger partial charge in [-0.15, -0.1) is 0 Å². The Bertz CT molecular complexity index is 397. The standard InChI is InChI=1S/C13H16BNO/c1-3-15-11-5-4-10-14(15)12-6-8-13(16-2)9-7-12/h4-11H,3H2,1-2H3. The van der Waals surface area contributed by atoms with Crippen LogP contribution in [0.2, 0.25) is 0 Å². The van der Waals surface area contributed by atoms with Crippen molar-refractivity contribution in [3.63, 3.8) is 0 Å². The zero-order valence-electron chi connectivity index (χ0n) is 9.76. The molecule has 0 spiro atoms. The Balaban J connectivity index is 2.22. The molecule has 0 aromatic heterocycles. The number of ether oxygens (including phenoxy) is 1. The monoisotopic (exact) mass is 213 g/mol. The fourth-order valence-electron chi connectivity index (χ4n) is 1.94. The third-order valence-corrected chi connectivity index (χ3v) is 2.86. The van der Waals surface area contributed by atoms with E-state index < -0.39 is 0 Å². The highest BCUT2D eigenvalue weighted by atomic mass is 16.5. The van der Waals surface area contributed by atoms with Crippen molar-refractivity contribution >= 4 is 12.3 Å². The molecule has 0 unspecified atom stereocenters. The Morgan fingerprint density at radius 1 is 1.19 bits per heavy atom. The Kier molecular flexibility index (Phi) is 3.35. The summed E-state index contributed by atoms with van der Waals surface area (Å²) < 4.78 is 5.16. The van der Waals surface area contributed by atoms with Crippen LogP contribution in [-0.2, 0) is 0 Å². The molecule has 0 fully saturated rings. The van der Waals surface area contributed by atoms with Crippen molar-refractivity contribution in [3.05, 3.63) is 48.6 Å². The number of allylic oxidation sites excluding steroid dienone is 2. The van der Waals surface area contributed by atoms with E-state index in [-0.39, 0.29) is 0 Å². The predicted molar refractivity (Wildman–Crippen MR) is 69.0 cm³/mol. The van der Waals surface area contributed by atoms with Crippen molar-refractivity contribution in [2.24, 2.45) is 0 Å². The fourth-order valence-corrected chi connectivity index (χ4v) is 1.94. The number of nitrogens with zero attached hydrogens (tertiary/aromatic N) is 1. The molecule has 1 aromatic rings. The van der Waals surface area contributed by atoms with Crippen molar-refractivity contribution in [3.8, 4) is 5.75 Å². The molecule has 2 rings (SSSR count). The first-order valence-electron chi connectivity index (χ1n) is 5.60. The van der Waals surface area contributed by atoms with Gasteiger partial charge in [-0.2, -0.15) is 0 Å². The van der Waals surface area contributed by atoms with Crippen molar-refractivity contribution in [2.45, 2.75) is 6.92 Å². The van der Waals surface area contributed by atoms with E-state index in [0.717, 1.165) is 12.3 Å². The average molecular weight is 213 g/mol. The van der Waals surface area contributed by atoms with Crippen LogP contribution < -0.4 is 10.2 Å².